The maximum atomic E-state index is 15.5. The summed E-state index contributed by atoms with van der Waals surface area (Å²) in [4.78, 5) is 0. The summed E-state index contributed by atoms with van der Waals surface area (Å²) in [5.41, 5.74) is 3.96. The van der Waals surface area contributed by atoms with Crippen molar-refractivity contribution in [3.63, 3.8) is 0 Å². The first-order chi connectivity index (χ1) is 16.5. The monoisotopic (exact) mass is 466 g/mol. The average Bonchev–Trinajstić information content (AvgIpc) is 2.85. The SMILES string of the molecule is CCCCCC1CCC(c2ccc(-c3ccc(-c4ccc(C)cc4)cc3)c(F)c2C(F)F)CO1. The van der Waals surface area contributed by atoms with Gasteiger partial charge in [0.1, 0.15) is 5.82 Å². The molecule has 1 aliphatic heterocycles. The van der Waals surface area contributed by atoms with Crippen molar-refractivity contribution >= 4 is 0 Å². The molecule has 1 aliphatic rings. The first-order valence-electron chi connectivity index (χ1n) is 12.4. The van der Waals surface area contributed by atoms with Crippen LogP contribution in [0.4, 0.5) is 13.2 Å². The smallest absolute Gasteiger partial charge is 0.266 e. The van der Waals surface area contributed by atoms with Crippen molar-refractivity contribution in [1.29, 1.82) is 0 Å². The van der Waals surface area contributed by atoms with E-state index >= 15 is 4.39 Å². The third-order valence-electron chi connectivity index (χ3n) is 6.95. The van der Waals surface area contributed by atoms with Crippen LogP contribution in [0.15, 0.2) is 60.7 Å². The Balaban J connectivity index is 1.54. The van der Waals surface area contributed by atoms with Gasteiger partial charge in [-0.3, -0.25) is 0 Å². The molecule has 0 saturated carbocycles. The summed E-state index contributed by atoms with van der Waals surface area (Å²) in [5.74, 6) is -1.01. The number of hydrogen-bond donors (Lipinski definition) is 0. The molecule has 1 fully saturated rings. The number of benzene rings is 3. The zero-order valence-electron chi connectivity index (χ0n) is 20.0. The van der Waals surface area contributed by atoms with Gasteiger partial charge in [0.05, 0.1) is 18.3 Å². The molecule has 3 aromatic rings. The van der Waals surface area contributed by atoms with E-state index in [0.717, 1.165) is 43.2 Å². The maximum Gasteiger partial charge on any atom is 0.266 e. The molecule has 34 heavy (non-hydrogen) atoms. The molecule has 3 aromatic carbocycles. The molecular weight excluding hydrogens is 433 g/mol. The zero-order chi connectivity index (χ0) is 24.1. The van der Waals surface area contributed by atoms with Gasteiger partial charge in [0.2, 0.25) is 0 Å². The van der Waals surface area contributed by atoms with Crippen LogP contribution in [-0.4, -0.2) is 12.7 Å². The second-order valence-electron chi connectivity index (χ2n) is 9.40. The van der Waals surface area contributed by atoms with Gasteiger partial charge >= 0.3 is 0 Å². The molecule has 4 heteroatoms. The lowest BCUT2D eigenvalue weighted by Gasteiger charge is -2.31. The Hall–Kier alpha value is -2.59. The molecule has 1 nitrogen and oxygen atoms in total. The van der Waals surface area contributed by atoms with Crippen LogP contribution in [0.25, 0.3) is 22.3 Å². The molecule has 1 saturated heterocycles. The highest BCUT2D eigenvalue weighted by Crippen LogP contribution is 2.40. The fourth-order valence-electron chi connectivity index (χ4n) is 4.90. The Kier molecular flexibility index (Phi) is 8.10. The van der Waals surface area contributed by atoms with E-state index in [4.69, 9.17) is 4.74 Å². The fourth-order valence-corrected chi connectivity index (χ4v) is 4.90. The molecule has 0 aromatic heterocycles. The first kappa shape index (κ1) is 24.5. The van der Waals surface area contributed by atoms with Crippen LogP contribution in [0.5, 0.6) is 0 Å². The topological polar surface area (TPSA) is 9.23 Å². The minimum absolute atomic E-state index is 0.189. The van der Waals surface area contributed by atoms with Gasteiger partial charge in [-0.25, -0.2) is 13.2 Å². The maximum absolute atomic E-state index is 15.5. The summed E-state index contributed by atoms with van der Waals surface area (Å²) < 4.78 is 49.5. The van der Waals surface area contributed by atoms with Gasteiger partial charge in [0.25, 0.3) is 6.43 Å². The Morgan fingerprint density at radius 1 is 0.853 bits per heavy atom. The van der Waals surface area contributed by atoms with E-state index in [1.807, 2.05) is 43.3 Å². The van der Waals surface area contributed by atoms with Gasteiger partial charge in [-0.2, -0.15) is 0 Å². The molecule has 0 bridgehead atoms. The number of rotatable bonds is 8. The zero-order valence-corrected chi connectivity index (χ0v) is 20.0. The van der Waals surface area contributed by atoms with E-state index in [-0.39, 0.29) is 17.6 Å². The number of ether oxygens (including phenoxy) is 1. The lowest BCUT2D eigenvalue weighted by Crippen LogP contribution is -2.25. The Labute approximate surface area is 201 Å². The van der Waals surface area contributed by atoms with E-state index in [1.54, 1.807) is 24.3 Å². The summed E-state index contributed by atoms with van der Waals surface area (Å²) in [6, 6.07) is 18.9. The van der Waals surface area contributed by atoms with Crippen molar-refractivity contribution in [1.82, 2.24) is 0 Å². The number of alkyl halides is 2. The highest BCUT2D eigenvalue weighted by molar-refractivity contribution is 5.71. The minimum Gasteiger partial charge on any atom is -0.378 e. The van der Waals surface area contributed by atoms with E-state index in [1.165, 1.54) is 12.0 Å². The van der Waals surface area contributed by atoms with Crippen LogP contribution in [-0.2, 0) is 4.74 Å². The number of hydrogen-bond acceptors (Lipinski definition) is 1. The second-order valence-corrected chi connectivity index (χ2v) is 9.40. The predicted octanol–water partition coefficient (Wildman–Crippen LogP) is 9.25. The number of aryl methyl sites for hydroxylation is 1. The molecule has 0 spiro atoms. The van der Waals surface area contributed by atoms with Crippen LogP contribution < -0.4 is 0 Å². The highest BCUT2D eigenvalue weighted by Gasteiger charge is 2.29. The van der Waals surface area contributed by atoms with Crippen LogP contribution in [0.2, 0.25) is 0 Å². The molecule has 180 valence electrons. The molecule has 4 rings (SSSR count). The van der Waals surface area contributed by atoms with Gasteiger partial charge in [0.15, 0.2) is 0 Å². The lowest BCUT2D eigenvalue weighted by molar-refractivity contribution is -0.00285. The summed E-state index contributed by atoms with van der Waals surface area (Å²) in [6.07, 6.45) is 3.37. The van der Waals surface area contributed by atoms with Crippen molar-refractivity contribution in [3.8, 4) is 22.3 Å². The molecular formula is C30H33F3O. The van der Waals surface area contributed by atoms with Crippen molar-refractivity contribution in [2.75, 3.05) is 6.61 Å². The molecule has 0 amide bonds. The Bertz CT molecular complexity index is 1070. The summed E-state index contributed by atoms with van der Waals surface area (Å²) in [6.45, 7) is 4.58. The van der Waals surface area contributed by atoms with Crippen LogP contribution in [0.3, 0.4) is 0 Å². The summed E-state index contributed by atoms with van der Waals surface area (Å²) in [5, 5.41) is 0. The van der Waals surface area contributed by atoms with Crippen molar-refractivity contribution in [2.24, 2.45) is 0 Å². The van der Waals surface area contributed by atoms with Crippen molar-refractivity contribution in [3.05, 3.63) is 83.2 Å². The molecule has 1 heterocycles. The van der Waals surface area contributed by atoms with Crippen molar-refractivity contribution < 1.29 is 17.9 Å². The van der Waals surface area contributed by atoms with Crippen LogP contribution in [0, 0.1) is 12.7 Å². The van der Waals surface area contributed by atoms with E-state index in [2.05, 4.69) is 6.92 Å². The number of unbranched alkanes of at least 4 members (excludes halogenated alkanes) is 2. The molecule has 0 aliphatic carbocycles. The molecule has 0 N–H and O–H groups in total. The molecule has 0 radical (unpaired) electrons. The molecule has 2 unspecified atom stereocenters. The van der Waals surface area contributed by atoms with Gasteiger partial charge in [-0.05, 0) is 48.4 Å². The van der Waals surface area contributed by atoms with Gasteiger partial charge in [-0.1, -0.05) is 92.4 Å². The van der Waals surface area contributed by atoms with Gasteiger partial charge in [-0.15, -0.1) is 0 Å². The molecule has 2 atom stereocenters. The van der Waals surface area contributed by atoms with E-state index in [9.17, 15) is 8.78 Å². The fraction of sp³-hybridized carbons (Fsp3) is 0.400. The normalized spacial score (nSPS) is 18.4. The van der Waals surface area contributed by atoms with Gasteiger partial charge < -0.3 is 4.74 Å². The van der Waals surface area contributed by atoms with Crippen LogP contribution >= 0.6 is 0 Å². The van der Waals surface area contributed by atoms with Gasteiger partial charge in [0, 0.05) is 11.5 Å². The third-order valence-corrected chi connectivity index (χ3v) is 6.95. The lowest BCUT2D eigenvalue weighted by atomic mass is 9.85. The van der Waals surface area contributed by atoms with E-state index < -0.39 is 17.8 Å². The Morgan fingerprint density at radius 3 is 2.09 bits per heavy atom. The average molecular weight is 467 g/mol. The highest BCUT2D eigenvalue weighted by atomic mass is 19.3. The summed E-state index contributed by atoms with van der Waals surface area (Å²) >= 11 is 0. The number of halogens is 3. The van der Waals surface area contributed by atoms with Crippen LogP contribution in [0.1, 0.15) is 74.5 Å². The van der Waals surface area contributed by atoms with E-state index in [0.29, 0.717) is 17.7 Å². The predicted molar refractivity (Wildman–Crippen MR) is 133 cm³/mol. The first-order valence-corrected chi connectivity index (χ1v) is 12.4. The standard InChI is InChI=1S/C30H33F3O/c1-3-4-5-6-25-16-15-24(19-34-25)26-17-18-27(29(31)28(26)30(32)33)23-13-11-22(12-14-23)21-9-7-20(2)8-10-21/h7-14,17-18,24-25,30H,3-6,15-16,19H2,1-2H3. The minimum atomic E-state index is -2.87. The second kappa shape index (κ2) is 11.2. The Morgan fingerprint density at radius 2 is 1.50 bits per heavy atom. The summed E-state index contributed by atoms with van der Waals surface area (Å²) in [7, 11) is 0. The third kappa shape index (κ3) is 5.55. The largest absolute Gasteiger partial charge is 0.378 e. The van der Waals surface area contributed by atoms with Crippen molar-refractivity contribution in [2.45, 2.75) is 70.8 Å². The quantitative estimate of drug-likeness (QED) is 0.301.